The lowest BCUT2D eigenvalue weighted by Gasteiger charge is -2.19. The molecule has 0 fully saturated rings. The first-order valence-corrected chi connectivity index (χ1v) is 6.35. The van der Waals surface area contributed by atoms with E-state index in [9.17, 15) is 15.0 Å². The summed E-state index contributed by atoms with van der Waals surface area (Å²) in [7, 11) is 0. The summed E-state index contributed by atoms with van der Waals surface area (Å²) in [5.41, 5.74) is 1.08. The smallest absolute Gasteiger partial charge is 0.336 e. The van der Waals surface area contributed by atoms with E-state index in [1.165, 1.54) is 6.07 Å². The van der Waals surface area contributed by atoms with Gasteiger partial charge >= 0.3 is 5.97 Å². The molecule has 94 valence electrons. The van der Waals surface area contributed by atoms with E-state index < -0.39 is 18.2 Å². The number of alkyl halides is 1. The maximum Gasteiger partial charge on any atom is 0.336 e. The number of hydrogen-bond acceptors (Lipinski definition) is 3. The van der Waals surface area contributed by atoms with Gasteiger partial charge in [-0.3, -0.25) is 0 Å². The molecule has 0 saturated carbocycles. The fraction of sp³-hybridized carbons (Fsp3) is 0.417. The van der Waals surface area contributed by atoms with Crippen LogP contribution in [0.2, 0.25) is 0 Å². The van der Waals surface area contributed by atoms with E-state index in [0.717, 1.165) is 5.56 Å². The van der Waals surface area contributed by atoms with Crippen LogP contribution < -0.4 is 0 Å². The van der Waals surface area contributed by atoms with Gasteiger partial charge in [0.2, 0.25) is 0 Å². The average molecular weight is 303 g/mol. The van der Waals surface area contributed by atoms with Crippen molar-refractivity contribution in [3.05, 3.63) is 34.9 Å². The maximum atomic E-state index is 11.1. The number of aliphatic hydroxyl groups excluding tert-OH is 2. The highest BCUT2D eigenvalue weighted by molar-refractivity contribution is 9.09. The summed E-state index contributed by atoms with van der Waals surface area (Å²) in [6.07, 6.45) is -1.80. The van der Waals surface area contributed by atoms with E-state index in [0.29, 0.717) is 11.8 Å². The topological polar surface area (TPSA) is 77.8 Å². The Morgan fingerprint density at radius 1 is 1.41 bits per heavy atom. The van der Waals surface area contributed by atoms with Gasteiger partial charge in [-0.25, -0.2) is 4.79 Å². The van der Waals surface area contributed by atoms with E-state index >= 15 is 0 Å². The van der Waals surface area contributed by atoms with Crippen molar-refractivity contribution in [3.8, 4) is 0 Å². The van der Waals surface area contributed by atoms with Crippen LogP contribution in [0.4, 0.5) is 0 Å². The van der Waals surface area contributed by atoms with Crippen molar-refractivity contribution in [1.82, 2.24) is 0 Å². The van der Waals surface area contributed by atoms with Crippen LogP contribution in [0.25, 0.3) is 0 Å². The van der Waals surface area contributed by atoms with Crippen LogP contribution in [0.1, 0.15) is 34.0 Å². The normalized spacial score (nSPS) is 14.4. The molecule has 1 aromatic rings. The van der Waals surface area contributed by atoms with Crippen LogP contribution in [0.15, 0.2) is 18.2 Å². The molecule has 2 unspecified atom stereocenters. The largest absolute Gasteiger partial charge is 0.478 e. The van der Waals surface area contributed by atoms with Crippen LogP contribution in [0.3, 0.4) is 0 Å². The van der Waals surface area contributed by atoms with E-state index in [1.54, 1.807) is 19.1 Å². The first kappa shape index (κ1) is 14.2. The average Bonchev–Trinajstić information content (AvgIpc) is 2.28. The van der Waals surface area contributed by atoms with Gasteiger partial charge in [0.25, 0.3) is 0 Å². The second-order valence-electron chi connectivity index (χ2n) is 3.89. The summed E-state index contributed by atoms with van der Waals surface area (Å²) in [5.74, 6) is -1.10. The van der Waals surface area contributed by atoms with Crippen molar-refractivity contribution in [2.75, 3.05) is 5.33 Å². The van der Waals surface area contributed by atoms with Crippen LogP contribution >= 0.6 is 15.9 Å². The maximum absolute atomic E-state index is 11.1. The van der Waals surface area contributed by atoms with Crippen molar-refractivity contribution in [1.29, 1.82) is 0 Å². The number of halogens is 1. The summed E-state index contributed by atoms with van der Waals surface area (Å²) >= 11 is 3.16. The molecule has 4 nitrogen and oxygen atoms in total. The van der Waals surface area contributed by atoms with Gasteiger partial charge in [0, 0.05) is 5.33 Å². The third-order valence-electron chi connectivity index (χ3n) is 2.53. The van der Waals surface area contributed by atoms with Gasteiger partial charge in [0.1, 0.15) is 6.10 Å². The van der Waals surface area contributed by atoms with Crippen molar-refractivity contribution in [2.24, 2.45) is 0 Å². The third kappa shape index (κ3) is 3.52. The molecule has 5 heteroatoms. The molecule has 0 radical (unpaired) electrons. The molecule has 0 aliphatic carbocycles. The predicted molar refractivity (Wildman–Crippen MR) is 67.5 cm³/mol. The first-order valence-electron chi connectivity index (χ1n) is 5.23. The van der Waals surface area contributed by atoms with Crippen LogP contribution in [-0.4, -0.2) is 32.7 Å². The van der Waals surface area contributed by atoms with E-state index in [1.807, 2.05) is 0 Å². The number of hydrogen-bond donors (Lipinski definition) is 3. The lowest BCUT2D eigenvalue weighted by atomic mass is 9.96. The number of carboxylic acids is 1. The van der Waals surface area contributed by atoms with E-state index in [2.05, 4.69) is 15.9 Å². The molecule has 0 amide bonds. The first-order chi connectivity index (χ1) is 7.97. The third-order valence-corrected chi connectivity index (χ3v) is 2.99. The predicted octanol–water partition coefficient (Wildman–Crippen LogP) is 1.87. The Balaban J connectivity index is 3.08. The Morgan fingerprint density at radius 2 is 2.06 bits per heavy atom. The number of carbonyl (C=O) groups is 1. The van der Waals surface area contributed by atoms with Gasteiger partial charge in [0.05, 0.1) is 11.7 Å². The molecular weight excluding hydrogens is 288 g/mol. The van der Waals surface area contributed by atoms with Crippen molar-refractivity contribution < 1.29 is 20.1 Å². The molecule has 17 heavy (non-hydrogen) atoms. The molecule has 0 aliphatic rings. The Hall–Kier alpha value is -0.910. The summed E-state index contributed by atoms with van der Waals surface area (Å²) in [4.78, 5) is 11.1. The van der Waals surface area contributed by atoms with E-state index in [4.69, 9.17) is 5.11 Å². The summed E-state index contributed by atoms with van der Waals surface area (Å²) in [6.45, 7) is 1.78. The fourth-order valence-corrected chi connectivity index (χ4v) is 2.06. The molecule has 0 spiro atoms. The molecule has 2 atom stereocenters. The second-order valence-corrected chi connectivity index (χ2v) is 4.68. The highest BCUT2D eigenvalue weighted by atomic mass is 79.9. The van der Waals surface area contributed by atoms with Crippen LogP contribution in [-0.2, 0) is 0 Å². The SMILES string of the molecule is Cc1ccc(C(O)C(O)CCBr)c(C(=O)O)c1. The standard InChI is InChI=1S/C12H15BrO4/c1-7-2-3-8(9(6-7)12(16)17)11(15)10(14)4-5-13/h2-3,6,10-11,14-15H,4-5H2,1H3,(H,16,17). The minimum absolute atomic E-state index is 0.0334. The molecule has 3 N–H and O–H groups in total. The molecule has 0 heterocycles. The van der Waals surface area contributed by atoms with Gasteiger partial charge in [-0.05, 0) is 25.0 Å². The van der Waals surface area contributed by atoms with Crippen LogP contribution in [0.5, 0.6) is 0 Å². The van der Waals surface area contributed by atoms with Gasteiger partial charge in [-0.2, -0.15) is 0 Å². The Morgan fingerprint density at radius 3 is 2.59 bits per heavy atom. The number of rotatable bonds is 5. The Kier molecular flexibility index (Phi) is 5.11. The van der Waals surface area contributed by atoms with E-state index in [-0.39, 0.29) is 11.1 Å². The van der Waals surface area contributed by atoms with Gasteiger partial charge in [-0.1, -0.05) is 33.6 Å². The van der Waals surface area contributed by atoms with Crippen molar-refractivity contribution in [2.45, 2.75) is 25.6 Å². The number of aliphatic hydroxyl groups is 2. The van der Waals surface area contributed by atoms with Gasteiger partial charge in [0.15, 0.2) is 0 Å². The zero-order valence-electron chi connectivity index (χ0n) is 9.43. The second kappa shape index (κ2) is 6.14. The quantitative estimate of drug-likeness (QED) is 0.726. The summed E-state index contributed by atoms with van der Waals surface area (Å²) in [5, 5.41) is 29.2. The molecule has 0 aromatic heterocycles. The Bertz CT molecular complexity index is 405. The lowest BCUT2D eigenvalue weighted by molar-refractivity contribution is 0.0163. The van der Waals surface area contributed by atoms with Gasteiger partial charge in [-0.15, -0.1) is 0 Å². The molecule has 1 aromatic carbocycles. The van der Waals surface area contributed by atoms with Gasteiger partial charge < -0.3 is 15.3 Å². The zero-order valence-corrected chi connectivity index (χ0v) is 11.0. The zero-order chi connectivity index (χ0) is 13.0. The minimum Gasteiger partial charge on any atom is -0.478 e. The molecule has 1 rings (SSSR count). The molecule has 0 aliphatic heterocycles. The van der Waals surface area contributed by atoms with Crippen molar-refractivity contribution in [3.63, 3.8) is 0 Å². The lowest BCUT2D eigenvalue weighted by Crippen LogP contribution is -2.21. The monoisotopic (exact) mass is 302 g/mol. The number of aryl methyl sites for hydroxylation is 1. The van der Waals surface area contributed by atoms with Crippen molar-refractivity contribution >= 4 is 21.9 Å². The molecule has 0 saturated heterocycles. The number of aromatic carboxylic acids is 1. The Labute approximate surface area is 108 Å². The number of benzene rings is 1. The summed E-state index contributed by atoms with van der Waals surface area (Å²) < 4.78 is 0. The summed E-state index contributed by atoms with van der Waals surface area (Å²) in [6, 6.07) is 4.74. The highest BCUT2D eigenvalue weighted by Crippen LogP contribution is 2.24. The highest BCUT2D eigenvalue weighted by Gasteiger charge is 2.23. The fourth-order valence-electron chi connectivity index (χ4n) is 1.59. The van der Waals surface area contributed by atoms with Crippen LogP contribution in [0, 0.1) is 6.92 Å². The molecule has 0 bridgehead atoms. The minimum atomic E-state index is -1.18. The molecular formula is C12H15BrO4. The number of carboxylic acid groups (broad SMARTS) is 1.